The molecule has 0 spiro atoms. The SMILES string of the molecule is CN1CCO[Si]1(C)C. The summed E-state index contributed by atoms with van der Waals surface area (Å²) in [6, 6.07) is 0. The molecule has 48 valence electrons. The predicted molar refractivity (Wildman–Crippen MR) is 36.1 cm³/mol. The maximum Gasteiger partial charge on any atom is 0.265 e. The zero-order valence-corrected chi connectivity index (χ0v) is 6.77. The van der Waals surface area contributed by atoms with Crippen molar-refractivity contribution in [2.45, 2.75) is 13.1 Å². The lowest BCUT2D eigenvalue weighted by Gasteiger charge is -2.21. The molecule has 0 aromatic carbocycles. The molecular weight excluding hydrogens is 118 g/mol. The van der Waals surface area contributed by atoms with Crippen molar-refractivity contribution < 1.29 is 4.43 Å². The number of hydrogen-bond acceptors (Lipinski definition) is 2. The minimum absolute atomic E-state index is 0.940. The fraction of sp³-hybridized carbons (Fsp3) is 1.00. The minimum Gasteiger partial charge on any atom is -0.402 e. The van der Waals surface area contributed by atoms with Gasteiger partial charge < -0.3 is 8.99 Å². The third-order valence-corrected chi connectivity index (χ3v) is 4.77. The second-order valence-corrected chi connectivity index (χ2v) is 6.66. The van der Waals surface area contributed by atoms with E-state index < -0.39 is 8.48 Å². The first kappa shape index (κ1) is 6.26. The van der Waals surface area contributed by atoms with Crippen molar-refractivity contribution >= 4 is 8.48 Å². The van der Waals surface area contributed by atoms with E-state index in [0.717, 1.165) is 13.2 Å². The van der Waals surface area contributed by atoms with Gasteiger partial charge in [-0.3, -0.25) is 0 Å². The van der Waals surface area contributed by atoms with E-state index in [9.17, 15) is 0 Å². The molecule has 0 aromatic rings. The predicted octanol–water partition coefficient (Wildman–Crippen LogP) is 0.650. The Morgan fingerprint density at radius 3 is 2.25 bits per heavy atom. The van der Waals surface area contributed by atoms with E-state index in [1.165, 1.54) is 0 Å². The molecule has 0 amide bonds. The van der Waals surface area contributed by atoms with E-state index in [0.29, 0.717) is 0 Å². The van der Waals surface area contributed by atoms with Crippen molar-refractivity contribution in [3.8, 4) is 0 Å². The Labute approximate surface area is 51.7 Å². The highest BCUT2D eigenvalue weighted by molar-refractivity contribution is 6.68. The summed E-state index contributed by atoms with van der Waals surface area (Å²) in [5.41, 5.74) is 0. The van der Waals surface area contributed by atoms with E-state index in [-0.39, 0.29) is 0 Å². The second-order valence-electron chi connectivity index (χ2n) is 2.72. The monoisotopic (exact) mass is 131 g/mol. The highest BCUT2D eigenvalue weighted by Gasteiger charge is 2.33. The van der Waals surface area contributed by atoms with E-state index >= 15 is 0 Å². The molecule has 1 aliphatic rings. The number of nitrogens with zero attached hydrogens (tertiary/aromatic N) is 1. The van der Waals surface area contributed by atoms with Gasteiger partial charge in [0, 0.05) is 13.2 Å². The maximum atomic E-state index is 5.52. The van der Waals surface area contributed by atoms with Crippen molar-refractivity contribution in [2.24, 2.45) is 0 Å². The number of likely N-dealkylation sites (N-methyl/N-ethyl adjacent to an activating group) is 1. The summed E-state index contributed by atoms with van der Waals surface area (Å²) < 4.78 is 7.86. The first-order chi connectivity index (χ1) is 3.63. The summed E-state index contributed by atoms with van der Waals surface area (Å²) >= 11 is 0. The van der Waals surface area contributed by atoms with Crippen LogP contribution in [-0.2, 0) is 4.43 Å². The van der Waals surface area contributed by atoms with Crippen molar-refractivity contribution in [1.82, 2.24) is 4.57 Å². The summed E-state index contributed by atoms with van der Waals surface area (Å²) in [6.07, 6.45) is 0. The number of hydrogen-bond donors (Lipinski definition) is 0. The van der Waals surface area contributed by atoms with Gasteiger partial charge in [0.15, 0.2) is 0 Å². The molecule has 1 saturated heterocycles. The van der Waals surface area contributed by atoms with Gasteiger partial charge in [-0.1, -0.05) is 0 Å². The fourth-order valence-corrected chi connectivity index (χ4v) is 2.25. The molecule has 3 heteroatoms. The molecule has 1 rings (SSSR count). The smallest absolute Gasteiger partial charge is 0.265 e. The molecule has 1 heterocycles. The first-order valence-corrected chi connectivity index (χ1v) is 5.84. The van der Waals surface area contributed by atoms with Crippen LogP contribution < -0.4 is 0 Å². The van der Waals surface area contributed by atoms with Gasteiger partial charge in [-0.05, 0) is 20.1 Å². The molecule has 0 radical (unpaired) electrons. The van der Waals surface area contributed by atoms with Crippen LogP contribution in [0.1, 0.15) is 0 Å². The van der Waals surface area contributed by atoms with Crippen LogP contribution >= 0.6 is 0 Å². The Bertz CT molecular complexity index is 94.4. The van der Waals surface area contributed by atoms with Crippen LogP contribution in [0.2, 0.25) is 13.1 Å². The lowest BCUT2D eigenvalue weighted by molar-refractivity contribution is 0.359. The Hall–Kier alpha value is 0.137. The standard InChI is InChI=1S/C5H13NOSi/c1-6-4-5-7-8(6,2)3/h4-5H2,1-3H3. The molecular formula is C5H13NOSi. The quantitative estimate of drug-likeness (QED) is 0.448. The van der Waals surface area contributed by atoms with Gasteiger partial charge in [-0.25, -0.2) is 0 Å². The topological polar surface area (TPSA) is 12.5 Å². The van der Waals surface area contributed by atoms with Crippen molar-refractivity contribution in [3.63, 3.8) is 0 Å². The van der Waals surface area contributed by atoms with E-state index in [4.69, 9.17) is 4.43 Å². The normalized spacial score (nSPS) is 28.9. The molecule has 8 heavy (non-hydrogen) atoms. The molecule has 0 aromatic heterocycles. The highest BCUT2D eigenvalue weighted by atomic mass is 28.4. The van der Waals surface area contributed by atoms with E-state index in [1.807, 2.05) is 0 Å². The molecule has 0 atom stereocenters. The van der Waals surface area contributed by atoms with Crippen LogP contribution in [-0.4, -0.2) is 33.2 Å². The average molecular weight is 131 g/mol. The van der Waals surface area contributed by atoms with Crippen LogP contribution in [0.4, 0.5) is 0 Å². The van der Waals surface area contributed by atoms with Gasteiger partial charge in [-0.2, -0.15) is 0 Å². The summed E-state index contributed by atoms with van der Waals surface area (Å²) in [6.45, 7) is 6.51. The molecule has 1 aliphatic heterocycles. The van der Waals surface area contributed by atoms with Crippen molar-refractivity contribution in [3.05, 3.63) is 0 Å². The third kappa shape index (κ3) is 0.938. The Kier molecular flexibility index (Phi) is 1.43. The van der Waals surface area contributed by atoms with E-state index in [2.05, 4.69) is 24.7 Å². The van der Waals surface area contributed by atoms with Gasteiger partial charge >= 0.3 is 0 Å². The lowest BCUT2D eigenvalue weighted by Crippen LogP contribution is -2.41. The molecule has 0 bridgehead atoms. The first-order valence-electron chi connectivity index (χ1n) is 2.98. The van der Waals surface area contributed by atoms with Gasteiger partial charge in [0.25, 0.3) is 8.48 Å². The largest absolute Gasteiger partial charge is 0.402 e. The molecule has 2 nitrogen and oxygen atoms in total. The van der Waals surface area contributed by atoms with Gasteiger partial charge in [-0.15, -0.1) is 0 Å². The Morgan fingerprint density at radius 1 is 1.50 bits per heavy atom. The minimum atomic E-state index is -1.31. The van der Waals surface area contributed by atoms with Crippen LogP contribution in [0.25, 0.3) is 0 Å². The molecule has 0 saturated carbocycles. The zero-order valence-electron chi connectivity index (χ0n) is 5.77. The van der Waals surface area contributed by atoms with Crippen molar-refractivity contribution in [1.29, 1.82) is 0 Å². The van der Waals surface area contributed by atoms with Crippen LogP contribution in [0.5, 0.6) is 0 Å². The highest BCUT2D eigenvalue weighted by Crippen LogP contribution is 2.14. The molecule has 0 N–H and O–H groups in total. The van der Waals surface area contributed by atoms with Gasteiger partial charge in [0.1, 0.15) is 0 Å². The van der Waals surface area contributed by atoms with Gasteiger partial charge in [0.05, 0.1) is 0 Å². The average Bonchev–Trinajstić information content (AvgIpc) is 1.86. The molecule has 0 aliphatic carbocycles. The third-order valence-electron chi connectivity index (χ3n) is 1.80. The van der Waals surface area contributed by atoms with Crippen molar-refractivity contribution in [2.75, 3.05) is 20.2 Å². The van der Waals surface area contributed by atoms with Gasteiger partial charge in [0.2, 0.25) is 0 Å². The second kappa shape index (κ2) is 1.82. The van der Waals surface area contributed by atoms with Crippen LogP contribution in [0.15, 0.2) is 0 Å². The summed E-state index contributed by atoms with van der Waals surface area (Å²) in [5.74, 6) is 0. The molecule has 1 fully saturated rings. The summed E-state index contributed by atoms with van der Waals surface area (Å²) in [7, 11) is 0.828. The zero-order chi connectivity index (χ0) is 6.20. The van der Waals surface area contributed by atoms with Crippen LogP contribution in [0, 0.1) is 0 Å². The molecule has 0 unspecified atom stereocenters. The van der Waals surface area contributed by atoms with Crippen LogP contribution in [0.3, 0.4) is 0 Å². The summed E-state index contributed by atoms with van der Waals surface area (Å²) in [4.78, 5) is 0. The summed E-state index contributed by atoms with van der Waals surface area (Å²) in [5, 5.41) is 0. The number of rotatable bonds is 0. The van der Waals surface area contributed by atoms with E-state index in [1.54, 1.807) is 0 Å². The Morgan fingerprint density at radius 2 is 2.12 bits per heavy atom. The maximum absolute atomic E-state index is 5.52. The fourth-order valence-electron chi connectivity index (χ4n) is 0.812. The lowest BCUT2D eigenvalue weighted by atomic mass is 10.7. The Balaban J connectivity index is 2.54.